The maximum Gasteiger partial charge on any atom is 0.268 e. The van der Waals surface area contributed by atoms with Gasteiger partial charge in [0.15, 0.2) is 0 Å². The molecular formula is C16H17ClN4O. The van der Waals surface area contributed by atoms with E-state index in [1.54, 1.807) is 16.9 Å². The van der Waals surface area contributed by atoms with Crippen LogP contribution in [0.1, 0.15) is 35.4 Å². The van der Waals surface area contributed by atoms with Gasteiger partial charge in [-0.25, -0.2) is 0 Å². The molecule has 0 aliphatic carbocycles. The number of nitrogens with one attached hydrogen (secondary N) is 2. The number of carbonyl (C=O) groups excluding carboxylic acids is 1. The lowest BCUT2D eigenvalue weighted by Crippen LogP contribution is -2.28. The van der Waals surface area contributed by atoms with E-state index in [1.807, 2.05) is 38.4 Å². The average Bonchev–Trinajstić information content (AvgIpc) is 3.10. The number of nitrogens with zero attached hydrogens (tertiary/aromatic N) is 2. The van der Waals surface area contributed by atoms with Gasteiger partial charge < -0.3 is 10.3 Å². The van der Waals surface area contributed by atoms with E-state index >= 15 is 0 Å². The molecule has 1 amide bonds. The third kappa shape index (κ3) is 2.85. The van der Waals surface area contributed by atoms with Crippen LogP contribution in [0.5, 0.6) is 0 Å². The van der Waals surface area contributed by atoms with E-state index < -0.39 is 0 Å². The van der Waals surface area contributed by atoms with Crippen LogP contribution in [-0.4, -0.2) is 20.7 Å². The number of aromatic amines is 1. The predicted molar refractivity (Wildman–Crippen MR) is 87.0 cm³/mol. The zero-order chi connectivity index (χ0) is 15.7. The van der Waals surface area contributed by atoms with Crippen LogP contribution >= 0.6 is 11.6 Å². The lowest BCUT2D eigenvalue weighted by atomic mass is 10.1. The highest BCUT2D eigenvalue weighted by Gasteiger charge is 2.17. The summed E-state index contributed by atoms with van der Waals surface area (Å²) in [7, 11) is 1.86. The molecular weight excluding hydrogens is 300 g/mol. The van der Waals surface area contributed by atoms with Crippen molar-refractivity contribution in [3.63, 3.8) is 0 Å². The highest BCUT2D eigenvalue weighted by molar-refractivity contribution is 6.31. The SMILES string of the molecule is CCC(NC(=O)c1cc2cc(Cl)ccc2[nH]1)c1cnn(C)c1. The second kappa shape index (κ2) is 5.85. The minimum Gasteiger partial charge on any atom is -0.351 e. The third-order valence-corrected chi connectivity index (χ3v) is 3.90. The first-order valence-corrected chi connectivity index (χ1v) is 7.52. The standard InChI is InChI=1S/C16H17ClN4O/c1-3-13(11-8-18-21(2)9-11)20-16(22)15-7-10-6-12(17)4-5-14(10)19-15/h4-9,13,19H,3H2,1-2H3,(H,20,22). The Labute approximate surface area is 133 Å². The number of hydrogen-bond donors (Lipinski definition) is 2. The molecule has 0 bridgehead atoms. The predicted octanol–water partition coefficient (Wildman–Crippen LogP) is 3.44. The van der Waals surface area contributed by atoms with Crippen LogP contribution in [0.15, 0.2) is 36.7 Å². The van der Waals surface area contributed by atoms with E-state index in [9.17, 15) is 4.79 Å². The Kier molecular flexibility index (Phi) is 3.90. The number of fused-ring (bicyclic) bond motifs is 1. The van der Waals surface area contributed by atoms with Gasteiger partial charge in [-0.2, -0.15) is 5.10 Å². The molecule has 2 aromatic heterocycles. The molecule has 0 spiro atoms. The molecule has 1 atom stereocenters. The number of aromatic nitrogens is 3. The summed E-state index contributed by atoms with van der Waals surface area (Å²) < 4.78 is 1.73. The van der Waals surface area contributed by atoms with Crippen molar-refractivity contribution >= 4 is 28.4 Å². The molecule has 0 saturated carbocycles. The number of H-pyrrole nitrogens is 1. The zero-order valence-electron chi connectivity index (χ0n) is 12.4. The van der Waals surface area contributed by atoms with E-state index in [4.69, 9.17) is 11.6 Å². The smallest absolute Gasteiger partial charge is 0.268 e. The summed E-state index contributed by atoms with van der Waals surface area (Å²) in [6.45, 7) is 2.03. The Hall–Kier alpha value is -2.27. The van der Waals surface area contributed by atoms with Crippen molar-refractivity contribution in [2.75, 3.05) is 0 Å². The first-order chi connectivity index (χ1) is 10.6. The van der Waals surface area contributed by atoms with Crippen LogP contribution < -0.4 is 5.32 Å². The van der Waals surface area contributed by atoms with Gasteiger partial charge in [0.05, 0.1) is 12.2 Å². The number of benzene rings is 1. The largest absolute Gasteiger partial charge is 0.351 e. The molecule has 3 rings (SSSR count). The first-order valence-electron chi connectivity index (χ1n) is 7.14. The van der Waals surface area contributed by atoms with Crippen LogP contribution in [0.25, 0.3) is 10.9 Å². The van der Waals surface area contributed by atoms with Gasteiger partial charge in [-0.05, 0) is 30.7 Å². The summed E-state index contributed by atoms with van der Waals surface area (Å²) in [5.74, 6) is -0.136. The minimum atomic E-state index is -0.136. The summed E-state index contributed by atoms with van der Waals surface area (Å²) in [5, 5.41) is 8.76. The lowest BCUT2D eigenvalue weighted by molar-refractivity contribution is 0.0931. The van der Waals surface area contributed by atoms with E-state index in [-0.39, 0.29) is 11.9 Å². The molecule has 1 unspecified atom stereocenters. The van der Waals surface area contributed by atoms with E-state index in [0.29, 0.717) is 10.7 Å². The number of amides is 1. The Balaban J connectivity index is 1.82. The Morgan fingerprint density at radius 3 is 2.95 bits per heavy atom. The van der Waals surface area contributed by atoms with E-state index in [0.717, 1.165) is 22.9 Å². The zero-order valence-corrected chi connectivity index (χ0v) is 13.2. The number of carbonyl (C=O) groups is 1. The van der Waals surface area contributed by atoms with Crippen molar-refractivity contribution in [3.05, 3.63) is 52.9 Å². The molecule has 0 aliphatic rings. The summed E-state index contributed by atoms with van der Waals surface area (Å²) in [6.07, 6.45) is 4.49. The normalized spacial score (nSPS) is 12.5. The quantitative estimate of drug-likeness (QED) is 0.774. The Morgan fingerprint density at radius 1 is 1.45 bits per heavy atom. The lowest BCUT2D eigenvalue weighted by Gasteiger charge is -2.14. The Bertz CT molecular complexity index is 821. The van der Waals surface area contributed by atoms with Gasteiger partial charge >= 0.3 is 0 Å². The van der Waals surface area contributed by atoms with Crippen molar-refractivity contribution < 1.29 is 4.79 Å². The Morgan fingerprint density at radius 2 is 2.27 bits per heavy atom. The molecule has 0 aliphatic heterocycles. The van der Waals surface area contributed by atoms with Crippen LogP contribution in [0.4, 0.5) is 0 Å². The van der Waals surface area contributed by atoms with Gasteiger partial charge in [0.1, 0.15) is 5.69 Å². The fourth-order valence-electron chi connectivity index (χ4n) is 2.50. The monoisotopic (exact) mass is 316 g/mol. The molecule has 1 aromatic carbocycles. The van der Waals surface area contributed by atoms with Crippen molar-refractivity contribution in [1.29, 1.82) is 0 Å². The van der Waals surface area contributed by atoms with Gasteiger partial charge in [0, 0.05) is 34.7 Å². The maximum absolute atomic E-state index is 12.4. The average molecular weight is 317 g/mol. The molecule has 5 nitrogen and oxygen atoms in total. The van der Waals surface area contributed by atoms with Gasteiger partial charge in [0.2, 0.25) is 0 Å². The first kappa shape index (κ1) is 14.7. The maximum atomic E-state index is 12.4. The molecule has 0 radical (unpaired) electrons. The molecule has 22 heavy (non-hydrogen) atoms. The second-order valence-electron chi connectivity index (χ2n) is 5.30. The molecule has 6 heteroatoms. The topological polar surface area (TPSA) is 62.7 Å². The fourth-order valence-corrected chi connectivity index (χ4v) is 2.68. The number of aryl methyl sites for hydroxylation is 1. The summed E-state index contributed by atoms with van der Waals surface area (Å²) in [5.41, 5.74) is 2.42. The highest BCUT2D eigenvalue weighted by Crippen LogP contribution is 2.21. The fraction of sp³-hybridized carbons (Fsp3) is 0.250. The van der Waals surface area contributed by atoms with Crippen LogP contribution in [0.2, 0.25) is 5.02 Å². The van der Waals surface area contributed by atoms with Crippen LogP contribution in [0.3, 0.4) is 0 Å². The molecule has 2 heterocycles. The molecule has 114 valence electrons. The van der Waals surface area contributed by atoms with Crippen molar-refractivity contribution in [2.24, 2.45) is 7.05 Å². The van der Waals surface area contributed by atoms with Gasteiger partial charge in [-0.15, -0.1) is 0 Å². The van der Waals surface area contributed by atoms with E-state index in [1.165, 1.54) is 0 Å². The summed E-state index contributed by atoms with van der Waals surface area (Å²) in [4.78, 5) is 15.6. The van der Waals surface area contributed by atoms with Gasteiger partial charge in [-0.3, -0.25) is 9.48 Å². The van der Waals surface area contributed by atoms with Crippen LogP contribution in [0, 0.1) is 0 Å². The van der Waals surface area contributed by atoms with Gasteiger partial charge in [0.25, 0.3) is 5.91 Å². The summed E-state index contributed by atoms with van der Waals surface area (Å²) >= 11 is 5.97. The second-order valence-corrected chi connectivity index (χ2v) is 5.73. The summed E-state index contributed by atoms with van der Waals surface area (Å²) in [6, 6.07) is 7.25. The van der Waals surface area contributed by atoms with Crippen molar-refractivity contribution in [3.8, 4) is 0 Å². The minimum absolute atomic E-state index is 0.0591. The number of rotatable bonds is 4. The number of hydrogen-bond acceptors (Lipinski definition) is 2. The van der Waals surface area contributed by atoms with Crippen LogP contribution in [-0.2, 0) is 7.05 Å². The molecule has 3 aromatic rings. The van der Waals surface area contributed by atoms with E-state index in [2.05, 4.69) is 15.4 Å². The number of halogens is 1. The van der Waals surface area contributed by atoms with Gasteiger partial charge in [-0.1, -0.05) is 18.5 Å². The molecule has 0 saturated heterocycles. The van der Waals surface area contributed by atoms with Crippen molar-refractivity contribution in [2.45, 2.75) is 19.4 Å². The molecule has 2 N–H and O–H groups in total. The highest BCUT2D eigenvalue weighted by atomic mass is 35.5. The third-order valence-electron chi connectivity index (χ3n) is 3.67. The van der Waals surface area contributed by atoms with Crippen molar-refractivity contribution in [1.82, 2.24) is 20.1 Å². The molecule has 0 fully saturated rings.